The molecule has 1 aromatic heterocycles. The summed E-state index contributed by atoms with van der Waals surface area (Å²) < 4.78 is 29.6. The van der Waals surface area contributed by atoms with Crippen molar-refractivity contribution in [2.45, 2.75) is 6.43 Å². The van der Waals surface area contributed by atoms with Crippen molar-refractivity contribution in [3.05, 3.63) is 26.9 Å². The first-order valence-corrected chi connectivity index (χ1v) is 4.86. The van der Waals surface area contributed by atoms with E-state index in [1.54, 1.807) is 0 Å². The molecule has 0 aliphatic heterocycles. The number of hydrogen-bond acceptors (Lipinski definition) is 3. The Balaban J connectivity index is 3.45. The Hall–Kier alpha value is -0.750. The maximum absolute atomic E-state index is 12.6. The van der Waals surface area contributed by atoms with Crippen molar-refractivity contribution in [3.63, 3.8) is 0 Å². The van der Waals surface area contributed by atoms with E-state index in [1.165, 1.54) is 0 Å². The number of aromatic nitrogens is 1. The van der Waals surface area contributed by atoms with Gasteiger partial charge in [-0.25, -0.2) is 18.6 Å². The highest BCUT2D eigenvalue weighted by atomic mass is 79.9. The molecular weight excluding hydrogens is 295 g/mol. The van der Waals surface area contributed by atoms with Gasteiger partial charge in [0.25, 0.3) is 6.43 Å². The van der Waals surface area contributed by atoms with Crippen molar-refractivity contribution in [3.8, 4) is 0 Å². The Kier molecular flexibility index (Phi) is 3.98. The van der Waals surface area contributed by atoms with Crippen molar-refractivity contribution in [1.82, 2.24) is 4.98 Å². The molecule has 7 heteroatoms. The molecule has 0 amide bonds. The van der Waals surface area contributed by atoms with Gasteiger partial charge >= 0.3 is 5.97 Å². The Labute approximate surface area is 97.5 Å². The monoisotopic (exact) mass is 299 g/mol. The van der Waals surface area contributed by atoms with Gasteiger partial charge in [-0.2, -0.15) is 0 Å². The van der Waals surface area contributed by atoms with Crippen LogP contribution in [0.25, 0.3) is 0 Å². The summed E-state index contributed by atoms with van der Waals surface area (Å²) in [6.07, 6.45) is -1.73. The molecule has 1 aromatic rings. The van der Waals surface area contributed by atoms with Crippen LogP contribution in [0.15, 0.2) is 10.7 Å². The first-order chi connectivity index (χ1) is 6.99. The van der Waals surface area contributed by atoms with Crippen LogP contribution >= 0.6 is 27.5 Å². The second-order valence-corrected chi connectivity index (χ2v) is 3.69. The maximum atomic E-state index is 12.6. The molecule has 0 fully saturated rings. The molecule has 15 heavy (non-hydrogen) atoms. The van der Waals surface area contributed by atoms with Gasteiger partial charge in [0.2, 0.25) is 0 Å². The van der Waals surface area contributed by atoms with Crippen LogP contribution in [0.2, 0.25) is 5.15 Å². The predicted molar refractivity (Wildman–Crippen MR) is 53.2 cm³/mol. The minimum absolute atomic E-state index is 0.0160. The van der Waals surface area contributed by atoms with E-state index in [0.717, 1.165) is 13.3 Å². The molecule has 3 nitrogen and oxygen atoms in total. The number of carbonyl (C=O) groups is 1. The number of methoxy groups -OCH3 is 1. The third-order valence-electron chi connectivity index (χ3n) is 1.63. The molecule has 0 bridgehead atoms. The summed E-state index contributed by atoms with van der Waals surface area (Å²) in [4.78, 5) is 14.8. The summed E-state index contributed by atoms with van der Waals surface area (Å²) in [5.74, 6) is -0.941. The van der Waals surface area contributed by atoms with E-state index in [0.29, 0.717) is 0 Å². The number of ether oxygens (including phenoxy) is 1. The van der Waals surface area contributed by atoms with Gasteiger partial charge in [-0.1, -0.05) is 11.6 Å². The van der Waals surface area contributed by atoms with Gasteiger partial charge < -0.3 is 4.74 Å². The summed E-state index contributed by atoms with van der Waals surface area (Å²) >= 11 is 8.42. The fourth-order valence-electron chi connectivity index (χ4n) is 0.988. The number of pyridine rings is 1. The number of halogens is 4. The number of nitrogens with zero attached hydrogens (tertiary/aromatic N) is 1. The van der Waals surface area contributed by atoms with Crippen molar-refractivity contribution >= 4 is 33.5 Å². The molecule has 0 aliphatic rings. The van der Waals surface area contributed by atoms with Crippen LogP contribution in [0, 0.1) is 0 Å². The van der Waals surface area contributed by atoms with E-state index in [-0.39, 0.29) is 9.63 Å². The first kappa shape index (κ1) is 12.3. The van der Waals surface area contributed by atoms with Crippen LogP contribution in [-0.4, -0.2) is 18.1 Å². The Morgan fingerprint density at radius 2 is 2.27 bits per heavy atom. The van der Waals surface area contributed by atoms with E-state index in [9.17, 15) is 13.6 Å². The Morgan fingerprint density at radius 3 is 2.73 bits per heavy atom. The van der Waals surface area contributed by atoms with Crippen LogP contribution in [0.1, 0.15) is 22.3 Å². The second-order valence-electron chi connectivity index (χ2n) is 2.48. The SMILES string of the molecule is COC(=O)c1c(Cl)ncc(Br)c1C(F)F. The van der Waals surface area contributed by atoms with E-state index in [2.05, 4.69) is 25.7 Å². The van der Waals surface area contributed by atoms with Gasteiger partial charge in [0.1, 0.15) is 10.7 Å². The van der Waals surface area contributed by atoms with Crippen LogP contribution in [0.4, 0.5) is 8.78 Å². The molecule has 0 aromatic carbocycles. The minimum Gasteiger partial charge on any atom is -0.465 e. The molecular formula is C8H5BrClF2NO2. The van der Waals surface area contributed by atoms with Gasteiger partial charge in [-0.05, 0) is 15.9 Å². The lowest BCUT2D eigenvalue weighted by atomic mass is 10.1. The van der Waals surface area contributed by atoms with Crippen LogP contribution in [-0.2, 0) is 4.74 Å². The minimum atomic E-state index is -2.84. The molecule has 0 N–H and O–H groups in total. The topological polar surface area (TPSA) is 39.2 Å². The number of esters is 1. The number of alkyl halides is 2. The van der Waals surface area contributed by atoms with Gasteiger partial charge in [0.05, 0.1) is 12.7 Å². The smallest absolute Gasteiger partial charge is 0.341 e. The quantitative estimate of drug-likeness (QED) is 0.622. The molecule has 82 valence electrons. The highest BCUT2D eigenvalue weighted by Gasteiger charge is 2.25. The summed E-state index contributed by atoms with van der Waals surface area (Å²) in [5, 5.41) is -0.305. The molecule has 0 aliphatic carbocycles. The van der Waals surface area contributed by atoms with Crippen molar-refractivity contribution in [2.24, 2.45) is 0 Å². The lowest BCUT2D eigenvalue weighted by molar-refractivity contribution is 0.0588. The lowest BCUT2D eigenvalue weighted by Gasteiger charge is -2.09. The third-order valence-corrected chi connectivity index (χ3v) is 2.55. The molecule has 1 rings (SSSR count). The highest BCUT2D eigenvalue weighted by Crippen LogP contribution is 2.33. The molecule has 0 atom stereocenters. The van der Waals surface area contributed by atoms with Crippen LogP contribution in [0.5, 0.6) is 0 Å². The normalized spacial score (nSPS) is 10.5. The first-order valence-electron chi connectivity index (χ1n) is 3.69. The number of hydrogen-bond donors (Lipinski definition) is 0. The van der Waals surface area contributed by atoms with E-state index >= 15 is 0 Å². The van der Waals surface area contributed by atoms with Crippen molar-refractivity contribution < 1.29 is 18.3 Å². The maximum Gasteiger partial charge on any atom is 0.341 e. The Bertz CT molecular complexity index is 400. The average molecular weight is 300 g/mol. The molecule has 0 spiro atoms. The van der Waals surface area contributed by atoms with Gasteiger partial charge in [0.15, 0.2) is 0 Å². The molecule has 0 radical (unpaired) electrons. The number of rotatable bonds is 2. The largest absolute Gasteiger partial charge is 0.465 e. The zero-order chi connectivity index (χ0) is 11.6. The summed E-state index contributed by atoms with van der Waals surface area (Å²) in [5.41, 5.74) is -0.926. The van der Waals surface area contributed by atoms with Gasteiger partial charge in [-0.15, -0.1) is 0 Å². The third kappa shape index (κ3) is 2.43. The zero-order valence-corrected chi connectivity index (χ0v) is 9.77. The Morgan fingerprint density at radius 1 is 1.67 bits per heavy atom. The standard InChI is InChI=1S/C8H5BrClF2NO2/c1-15-8(14)5-4(7(11)12)3(9)2-13-6(5)10/h2,7H,1H3. The van der Waals surface area contributed by atoms with Gasteiger partial charge in [-0.3, -0.25) is 0 Å². The lowest BCUT2D eigenvalue weighted by Crippen LogP contribution is -2.09. The van der Waals surface area contributed by atoms with Crippen molar-refractivity contribution in [2.75, 3.05) is 7.11 Å². The second kappa shape index (κ2) is 4.85. The summed E-state index contributed by atoms with van der Waals surface area (Å²) in [7, 11) is 1.08. The van der Waals surface area contributed by atoms with E-state index < -0.39 is 23.5 Å². The van der Waals surface area contributed by atoms with Crippen LogP contribution < -0.4 is 0 Å². The number of carbonyl (C=O) groups excluding carboxylic acids is 1. The molecule has 0 saturated heterocycles. The summed E-state index contributed by atoms with van der Waals surface area (Å²) in [6.45, 7) is 0. The predicted octanol–water partition coefficient (Wildman–Crippen LogP) is 3.22. The highest BCUT2D eigenvalue weighted by molar-refractivity contribution is 9.10. The zero-order valence-electron chi connectivity index (χ0n) is 7.43. The molecule has 0 unspecified atom stereocenters. The molecule has 1 heterocycles. The van der Waals surface area contributed by atoms with Crippen molar-refractivity contribution in [1.29, 1.82) is 0 Å². The van der Waals surface area contributed by atoms with Gasteiger partial charge in [0, 0.05) is 10.7 Å². The fraction of sp³-hybridized carbons (Fsp3) is 0.250. The molecule has 0 saturated carbocycles. The fourth-order valence-corrected chi connectivity index (χ4v) is 1.69. The average Bonchev–Trinajstić information content (AvgIpc) is 2.19. The van der Waals surface area contributed by atoms with Crippen LogP contribution in [0.3, 0.4) is 0 Å². The summed E-state index contributed by atoms with van der Waals surface area (Å²) in [6, 6.07) is 0. The van der Waals surface area contributed by atoms with E-state index in [1.807, 2.05) is 0 Å². The van der Waals surface area contributed by atoms with E-state index in [4.69, 9.17) is 11.6 Å².